The number of carboxylic acids is 1. The van der Waals surface area contributed by atoms with Gasteiger partial charge in [-0.2, -0.15) is 5.10 Å². The van der Waals surface area contributed by atoms with Crippen molar-refractivity contribution in [1.82, 2.24) is 9.78 Å². The van der Waals surface area contributed by atoms with Gasteiger partial charge in [-0.15, -0.1) is 0 Å². The van der Waals surface area contributed by atoms with E-state index < -0.39 is 5.97 Å². The lowest BCUT2D eigenvalue weighted by molar-refractivity contribution is 0.0696. The van der Waals surface area contributed by atoms with Crippen molar-refractivity contribution < 1.29 is 14.6 Å². The number of ether oxygens (including phenoxy) is 1. The average molecular weight is 288 g/mol. The highest BCUT2D eigenvalue weighted by Gasteiger charge is 2.09. The van der Waals surface area contributed by atoms with Gasteiger partial charge in [0.15, 0.2) is 0 Å². The molecule has 2 rings (SSSR count). The van der Waals surface area contributed by atoms with Crippen LogP contribution in [-0.4, -0.2) is 27.5 Å². The Morgan fingerprint density at radius 3 is 2.76 bits per heavy atom. The summed E-state index contributed by atoms with van der Waals surface area (Å²) >= 11 is 0. The van der Waals surface area contributed by atoms with Gasteiger partial charge >= 0.3 is 5.97 Å². The van der Waals surface area contributed by atoms with Gasteiger partial charge in [-0.3, -0.25) is 4.68 Å². The Bertz CT molecular complexity index is 647. The molecule has 0 amide bonds. The van der Waals surface area contributed by atoms with E-state index in [2.05, 4.69) is 18.9 Å². The van der Waals surface area contributed by atoms with Gasteiger partial charge in [-0.25, -0.2) is 4.79 Å². The van der Waals surface area contributed by atoms with Crippen molar-refractivity contribution in [3.05, 3.63) is 46.8 Å². The number of carbonyl (C=O) groups is 1. The molecule has 1 heterocycles. The van der Waals surface area contributed by atoms with E-state index in [-0.39, 0.29) is 5.56 Å². The Morgan fingerprint density at radius 2 is 2.14 bits per heavy atom. The third kappa shape index (κ3) is 3.42. The van der Waals surface area contributed by atoms with E-state index in [1.807, 2.05) is 11.6 Å². The topological polar surface area (TPSA) is 64.4 Å². The molecule has 1 N–H and O–H groups in total. The Labute approximate surface area is 124 Å². The summed E-state index contributed by atoms with van der Waals surface area (Å²) < 4.78 is 7.55. The van der Waals surface area contributed by atoms with E-state index in [4.69, 9.17) is 9.84 Å². The highest BCUT2D eigenvalue weighted by Crippen LogP contribution is 2.15. The minimum absolute atomic E-state index is 0.229. The second-order valence-corrected chi connectivity index (χ2v) is 4.91. The third-order valence-electron chi connectivity index (χ3n) is 3.54. The number of rotatable bonds is 6. The van der Waals surface area contributed by atoms with Gasteiger partial charge in [-0.1, -0.05) is 13.0 Å². The normalized spacial score (nSPS) is 10.6. The molecular formula is C16H20N2O3. The van der Waals surface area contributed by atoms with Crippen molar-refractivity contribution in [3.63, 3.8) is 0 Å². The lowest BCUT2D eigenvalue weighted by Crippen LogP contribution is -2.11. The van der Waals surface area contributed by atoms with E-state index in [0.717, 1.165) is 17.8 Å². The second-order valence-electron chi connectivity index (χ2n) is 4.91. The van der Waals surface area contributed by atoms with Gasteiger partial charge in [0.2, 0.25) is 0 Å². The first-order chi connectivity index (χ1) is 10.0. The van der Waals surface area contributed by atoms with E-state index in [9.17, 15) is 4.79 Å². The number of hydrogen-bond donors (Lipinski definition) is 1. The molecule has 21 heavy (non-hydrogen) atoms. The van der Waals surface area contributed by atoms with E-state index in [1.54, 1.807) is 18.2 Å². The standard InChI is InChI=1S/C16H20N2O3/c1-4-15-11(2)17-18(12(15)3)8-9-21-14-7-5-6-13(10-14)16(19)20/h5-7,10H,4,8-9H2,1-3H3,(H,19,20). The average Bonchev–Trinajstić information content (AvgIpc) is 2.73. The summed E-state index contributed by atoms with van der Waals surface area (Å²) in [6.07, 6.45) is 0.971. The van der Waals surface area contributed by atoms with Gasteiger partial charge in [0, 0.05) is 5.69 Å². The van der Waals surface area contributed by atoms with Crippen molar-refractivity contribution in [2.45, 2.75) is 33.7 Å². The van der Waals surface area contributed by atoms with Crippen LogP contribution < -0.4 is 4.74 Å². The maximum Gasteiger partial charge on any atom is 0.335 e. The van der Waals surface area contributed by atoms with Gasteiger partial charge in [-0.05, 0) is 44.0 Å². The van der Waals surface area contributed by atoms with Gasteiger partial charge in [0.05, 0.1) is 17.8 Å². The smallest absolute Gasteiger partial charge is 0.335 e. The van der Waals surface area contributed by atoms with Crippen LogP contribution in [0.2, 0.25) is 0 Å². The van der Waals surface area contributed by atoms with Crippen molar-refractivity contribution in [3.8, 4) is 5.75 Å². The number of aryl methyl sites for hydroxylation is 1. The van der Waals surface area contributed by atoms with Crippen LogP contribution in [0.4, 0.5) is 0 Å². The fourth-order valence-electron chi connectivity index (χ4n) is 2.43. The molecule has 0 aliphatic carbocycles. The van der Waals surface area contributed by atoms with E-state index in [1.165, 1.54) is 11.6 Å². The van der Waals surface area contributed by atoms with Crippen LogP contribution in [0.5, 0.6) is 5.75 Å². The number of hydrogen-bond acceptors (Lipinski definition) is 3. The van der Waals surface area contributed by atoms with E-state index >= 15 is 0 Å². The van der Waals surface area contributed by atoms with Crippen molar-refractivity contribution >= 4 is 5.97 Å². The zero-order valence-corrected chi connectivity index (χ0v) is 12.6. The first kappa shape index (κ1) is 15.1. The maximum atomic E-state index is 10.9. The van der Waals surface area contributed by atoms with Crippen LogP contribution in [-0.2, 0) is 13.0 Å². The predicted molar refractivity (Wildman–Crippen MR) is 80.0 cm³/mol. The fourth-order valence-corrected chi connectivity index (χ4v) is 2.43. The molecular weight excluding hydrogens is 268 g/mol. The molecule has 0 aliphatic heterocycles. The van der Waals surface area contributed by atoms with Crippen LogP contribution >= 0.6 is 0 Å². The molecule has 1 aromatic heterocycles. The summed E-state index contributed by atoms with van der Waals surface area (Å²) in [5.41, 5.74) is 3.73. The predicted octanol–water partition coefficient (Wildman–Crippen LogP) is 2.84. The highest BCUT2D eigenvalue weighted by molar-refractivity contribution is 5.87. The summed E-state index contributed by atoms with van der Waals surface area (Å²) in [6, 6.07) is 6.51. The van der Waals surface area contributed by atoms with Crippen molar-refractivity contribution in [1.29, 1.82) is 0 Å². The van der Waals surface area contributed by atoms with Crippen LogP contribution in [0.3, 0.4) is 0 Å². The van der Waals surface area contributed by atoms with Crippen LogP contribution in [0, 0.1) is 13.8 Å². The summed E-state index contributed by atoms with van der Waals surface area (Å²) in [5.74, 6) is -0.390. The first-order valence-corrected chi connectivity index (χ1v) is 7.02. The molecule has 0 saturated heterocycles. The van der Waals surface area contributed by atoms with E-state index in [0.29, 0.717) is 18.9 Å². The molecule has 5 nitrogen and oxygen atoms in total. The molecule has 0 aliphatic rings. The zero-order valence-electron chi connectivity index (χ0n) is 12.6. The minimum atomic E-state index is -0.952. The molecule has 0 atom stereocenters. The lowest BCUT2D eigenvalue weighted by atomic mass is 10.1. The first-order valence-electron chi connectivity index (χ1n) is 7.02. The van der Waals surface area contributed by atoms with Gasteiger partial charge in [0.25, 0.3) is 0 Å². The van der Waals surface area contributed by atoms with Crippen molar-refractivity contribution in [2.75, 3.05) is 6.61 Å². The van der Waals surface area contributed by atoms with Crippen LogP contribution in [0.15, 0.2) is 24.3 Å². The molecule has 0 fully saturated rings. The molecule has 5 heteroatoms. The van der Waals surface area contributed by atoms with Gasteiger partial charge < -0.3 is 9.84 Å². The number of aromatic carboxylic acids is 1. The number of carboxylic acid groups (broad SMARTS) is 1. The Kier molecular flexibility index (Phi) is 4.62. The molecule has 0 radical (unpaired) electrons. The zero-order chi connectivity index (χ0) is 15.4. The molecule has 0 spiro atoms. The minimum Gasteiger partial charge on any atom is -0.492 e. The second kappa shape index (κ2) is 6.43. The molecule has 0 bridgehead atoms. The maximum absolute atomic E-state index is 10.9. The Morgan fingerprint density at radius 1 is 1.38 bits per heavy atom. The SMILES string of the molecule is CCc1c(C)nn(CCOc2cccc(C(=O)O)c2)c1C. The molecule has 2 aromatic rings. The van der Waals surface area contributed by atoms with Crippen LogP contribution in [0.25, 0.3) is 0 Å². The monoisotopic (exact) mass is 288 g/mol. The number of nitrogens with zero attached hydrogens (tertiary/aromatic N) is 2. The summed E-state index contributed by atoms with van der Waals surface area (Å²) in [4.78, 5) is 10.9. The summed E-state index contributed by atoms with van der Waals surface area (Å²) in [7, 11) is 0. The lowest BCUT2D eigenvalue weighted by Gasteiger charge is -2.08. The number of aromatic nitrogens is 2. The molecule has 0 saturated carbocycles. The van der Waals surface area contributed by atoms with Crippen molar-refractivity contribution in [2.24, 2.45) is 0 Å². The quantitative estimate of drug-likeness (QED) is 0.887. The summed E-state index contributed by atoms with van der Waals surface area (Å²) in [5, 5.41) is 13.4. The number of benzene rings is 1. The molecule has 1 aromatic carbocycles. The Balaban J connectivity index is 1.99. The largest absolute Gasteiger partial charge is 0.492 e. The fraction of sp³-hybridized carbons (Fsp3) is 0.375. The molecule has 112 valence electrons. The molecule has 0 unspecified atom stereocenters. The Hall–Kier alpha value is -2.30. The van der Waals surface area contributed by atoms with Crippen LogP contribution in [0.1, 0.15) is 34.2 Å². The third-order valence-corrected chi connectivity index (χ3v) is 3.54. The highest BCUT2D eigenvalue weighted by atomic mass is 16.5. The summed E-state index contributed by atoms with van der Waals surface area (Å²) in [6.45, 7) is 7.29. The van der Waals surface area contributed by atoms with Gasteiger partial charge in [0.1, 0.15) is 12.4 Å².